The van der Waals surface area contributed by atoms with Gasteiger partial charge in [-0.05, 0) is 24.6 Å². The van der Waals surface area contributed by atoms with Crippen LogP contribution in [0.2, 0.25) is 5.02 Å². The molecule has 0 heterocycles. The van der Waals surface area contributed by atoms with Crippen LogP contribution < -0.4 is 10.5 Å². The maximum atomic E-state index is 12.0. The highest BCUT2D eigenvalue weighted by atomic mass is 35.5. The van der Waals surface area contributed by atoms with Crippen LogP contribution in [0.4, 0.5) is 18.9 Å². The van der Waals surface area contributed by atoms with E-state index in [1.54, 1.807) is 0 Å². The highest BCUT2D eigenvalue weighted by Gasteiger charge is 2.31. The third-order valence-electron chi connectivity index (χ3n) is 2.21. The number of benzene rings is 1. The number of primary sulfonamides is 1. The van der Waals surface area contributed by atoms with Gasteiger partial charge in [0.25, 0.3) is 0 Å². The fourth-order valence-electron chi connectivity index (χ4n) is 1.40. The van der Waals surface area contributed by atoms with Gasteiger partial charge in [0.05, 0.1) is 15.6 Å². The van der Waals surface area contributed by atoms with E-state index in [0.29, 0.717) is 0 Å². The molecule has 1 aromatic rings. The molecule has 0 aliphatic rings. The normalized spacial score (nSPS) is 12.3. The van der Waals surface area contributed by atoms with E-state index in [1.165, 1.54) is 6.92 Å². The number of carbonyl (C=O) groups is 1. The molecule has 1 rings (SSSR count). The van der Waals surface area contributed by atoms with Gasteiger partial charge in [-0.15, -0.1) is 0 Å². The van der Waals surface area contributed by atoms with Gasteiger partial charge in [-0.1, -0.05) is 11.6 Å². The van der Waals surface area contributed by atoms with E-state index in [1.807, 2.05) is 5.32 Å². The number of halogens is 4. The fraction of sp³-hybridized carbons (Fsp3) is 0.300. The summed E-state index contributed by atoms with van der Waals surface area (Å²) in [6.07, 6.45) is -6.31. The molecule has 10 heteroatoms. The second-order valence-corrected chi connectivity index (χ2v) is 5.95. The summed E-state index contributed by atoms with van der Waals surface area (Å²) in [6.45, 7) is 1.38. The molecule has 0 aromatic heterocycles. The molecule has 0 radical (unpaired) electrons. The summed E-state index contributed by atoms with van der Waals surface area (Å²) in [6, 6.07) is 2.05. The Kier molecular flexibility index (Phi) is 4.67. The van der Waals surface area contributed by atoms with Gasteiger partial charge < -0.3 is 5.32 Å². The van der Waals surface area contributed by atoms with Crippen LogP contribution in [0.5, 0.6) is 0 Å². The minimum absolute atomic E-state index is 0.0895. The summed E-state index contributed by atoms with van der Waals surface area (Å²) >= 11 is 5.74. The van der Waals surface area contributed by atoms with Crippen LogP contribution in [0.15, 0.2) is 17.0 Å². The average Bonchev–Trinajstić information content (AvgIpc) is 2.19. The minimum atomic E-state index is -4.65. The van der Waals surface area contributed by atoms with Crippen molar-refractivity contribution < 1.29 is 26.4 Å². The predicted octanol–water partition coefficient (Wildman–Crippen LogP) is 2.19. The Hall–Kier alpha value is -1.32. The second-order valence-electron chi connectivity index (χ2n) is 3.98. The van der Waals surface area contributed by atoms with Gasteiger partial charge in [0.2, 0.25) is 15.9 Å². The SMILES string of the molecule is Cc1cc(S(N)(=O)=O)cc(Cl)c1NC(=O)CC(F)(F)F. The highest BCUT2D eigenvalue weighted by Crippen LogP contribution is 2.30. The molecule has 1 aromatic carbocycles. The Morgan fingerprint density at radius 1 is 1.40 bits per heavy atom. The zero-order valence-corrected chi connectivity index (χ0v) is 11.7. The van der Waals surface area contributed by atoms with E-state index < -0.39 is 28.5 Å². The Morgan fingerprint density at radius 2 is 1.95 bits per heavy atom. The third kappa shape index (κ3) is 4.66. The molecule has 3 N–H and O–H groups in total. The quantitative estimate of drug-likeness (QED) is 0.890. The smallest absolute Gasteiger partial charge is 0.324 e. The van der Waals surface area contributed by atoms with Crippen LogP contribution >= 0.6 is 11.6 Å². The number of amides is 1. The second kappa shape index (κ2) is 5.58. The van der Waals surface area contributed by atoms with E-state index in [0.717, 1.165) is 12.1 Å². The summed E-state index contributed by atoms with van der Waals surface area (Å²) in [4.78, 5) is 10.9. The Morgan fingerprint density at radius 3 is 2.35 bits per heavy atom. The van der Waals surface area contributed by atoms with Crippen molar-refractivity contribution in [3.05, 3.63) is 22.7 Å². The monoisotopic (exact) mass is 330 g/mol. The molecule has 0 aliphatic carbocycles. The van der Waals surface area contributed by atoms with Gasteiger partial charge in [-0.3, -0.25) is 4.79 Å². The Bertz CT molecular complexity index is 621. The maximum absolute atomic E-state index is 12.0. The van der Waals surface area contributed by atoms with Crippen molar-refractivity contribution in [1.82, 2.24) is 0 Å². The van der Waals surface area contributed by atoms with Crippen molar-refractivity contribution in [2.75, 3.05) is 5.32 Å². The zero-order chi connectivity index (χ0) is 15.7. The Balaban J connectivity index is 3.07. The summed E-state index contributed by atoms with van der Waals surface area (Å²) in [7, 11) is -4.00. The van der Waals surface area contributed by atoms with E-state index >= 15 is 0 Å². The number of hydrogen-bond acceptors (Lipinski definition) is 3. The molecule has 20 heavy (non-hydrogen) atoms. The topological polar surface area (TPSA) is 89.3 Å². The summed E-state index contributed by atoms with van der Waals surface area (Å²) in [5.74, 6) is -1.30. The first-order valence-electron chi connectivity index (χ1n) is 5.10. The van der Waals surface area contributed by atoms with Crippen LogP contribution in [0.1, 0.15) is 12.0 Å². The number of nitrogens with two attached hydrogens (primary N) is 1. The van der Waals surface area contributed by atoms with E-state index in [9.17, 15) is 26.4 Å². The van der Waals surface area contributed by atoms with Crippen molar-refractivity contribution in [1.29, 1.82) is 0 Å². The lowest BCUT2D eigenvalue weighted by Crippen LogP contribution is -2.22. The van der Waals surface area contributed by atoms with Gasteiger partial charge in [-0.2, -0.15) is 13.2 Å². The van der Waals surface area contributed by atoms with Gasteiger partial charge in [0.15, 0.2) is 0 Å². The number of aryl methyl sites for hydroxylation is 1. The van der Waals surface area contributed by atoms with E-state index in [2.05, 4.69) is 0 Å². The number of anilines is 1. The van der Waals surface area contributed by atoms with Crippen LogP contribution in [0.25, 0.3) is 0 Å². The minimum Gasteiger partial charge on any atom is -0.324 e. The van der Waals surface area contributed by atoms with Gasteiger partial charge in [0.1, 0.15) is 6.42 Å². The number of rotatable bonds is 3. The fourth-order valence-corrected chi connectivity index (χ4v) is 2.40. The molecule has 0 saturated carbocycles. The molecule has 0 fully saturated rings. The molecule has 0 saturated heterocycles. The number of sulfonamides is 1. The van der Waals surface area contributed by atoms with Crippen LogP contribution in [0, 0.1) is 6.92 Å². The lowest BCUT2D eigenvalue weighted by Gasteiger charge is -2.13. The molecule has 112 valence electrons. The third-order valence-corrected chi connectivity index (χ3v) is 3.41. The number of hydrogen-bond donors (Lipinski definition) is 2. The Labute approximate surface area is 118 Å². The van der Waals surface area contributed by atoms with Gasteiger partial charge in [-0.25, -0.2) is 13.6 Å². The molecular formula is C10H10ClF3N2O3S. The summed E-state index contributed by atoms with van der Waals surface area (Å²) < 4.78 is 58.4. The maximum Gasteiger partial charge on any atom is 0.397 e. The molecule has 0 aliphatic heterocycles. The van der Waals surface area contributed by atoms with Crippen molar-refractivity contribution >= 4 is 33.2 Å². The number of carbonyl (C=O) groups excluding carboxylic acids is 1. The van der Waals surface area contributed by atoms with E-state index in [4.69, 9.17) is 16.7 Å². The van der Waals surface area contributed by atoms with Crippen molar-refractivity contribution in [2.24, 2.45) is 5.14 Å². The van der Waals surface area contributed by atoms with Crippen LogP contribution in [0.3, 0.4) is 0 Å². The summed E-state index contributed by atoms with van der Waals surface area (Å²) in [5, 5.41) is 6.68. The molecule has 1 amide bonds. The molecular weight excluding hydrogens is 321 g/mol. The predicted molar refractivity (Wildman–Crippen MR) is 66.9 cm³/mol. The first-order valence-corrected chi connectivity index (χ1v) is 7.02. The molecule has 0 unspecified atom stereocenters. The number of alkyl halides is 3. The molecule has 0 spiro atoms. The highest BCUT2D eigenvalue weighted by molar-refractivity contribution is 7.89. The standard InChI is InChI=1S/C10H10ClF3N2O3S/c1-5-2-6(20(15,18)19)3-7(11)9(5)16-8(17)4-10(12,13)14/h2-3H,4H2,1H3,(H,16,17)(H2,15,18,19). The van der Waals surface area contributed by atoms with Gasteiger partial charge in [0, 0.05) is 0 Å². The van der Waals surface area contributed by atoms with Gasteiger partial charge >= 0.3 is 6.18 Å². The summed E-state index contributed by atoms with van der Waals surface area (Å²) in [5.41, 5.74) is 0.0883. The van der Waals surface area contributed by atoms with Crippen molar-refractivity contribution in [3.8, 4) is 0 Å². The van der Waals surface area contributed by atoms with Crippen molar-refractivity contribution in [3.63, 3.8) is 0 Å². The number of nitrogens with one attached hydrogen (secondary N) is 1. The molecule has 5 nitrogen and oxygen atoms in total. The zero-order valence-electron chi connectivity index (χ0n) is 10.1. The molecule has 0 bridgehead atoms. The lowest BCUT2D eigenvalue weighted by molar-refractivity contribution is -0.150. The average molecular weight is 331 g/mol. The first kappa shape index (κ1) is 16.7. The first-order chi connectivity index (χ1) is 8.90. The van der Waals surface area contributed by atoms with E-state index in [-0.39, 0.29) is 21.2 Å². The lowest BCUT2D eigenvalue weighted by atomic mass is 10.2. The van der Waals surface area contributed by atoms with Crippen LogP contribution in [-0.2, 0) is 14.8 Å². The van der Waals surface area contributed by atoms with Crippen LogP contribution in [-0.4, -0.2) is 20.5 Å². The largest absolute Gasteiger partial charge is 0.397 e. The van der Waals surface area contributed by atoms with Crippen molar-refractivity contribution in [2.45, 2.75) is 24.4 Å². The molecule has 0 atom stereocenters.